The van der Waals surface area contributed by atoms with Crippen LogP contribution in [0.4, 0.5) is 0 Å². The van der Waals surface area contributed by atoms with E-state index in [0.717, 1.165) is 0 Å². The molecule has 0 aliphatic heterocycles. The summed E-state index contributed by atoms with van der Waals surface area (Å²) in [6.45, 7) is 22.2. The standard InChI is InChI=1S/C52H64O8/c1-25(2)13-37-41-17-46(50(58)21-33(41)29(9)53)39(15-27(5)6)43-19-48(52(60)23-35(43)31(11)55)40(16-28(7)8)44-20-47(51(59)24-36(44)32(12)56)38(14-26(3)4)42-18-45(37)49(57)22-34(42)30(10)54/h17-28,37-40,57-60H,13-16H2,1-12H3. The zero-order valence-corrected chi connectivity index (χ0v) is 37.5. The van der Waals surface area contributed by atoms with Crippen molar-refractivity contribution < 1.29 is 39.6 Å². The molecule has 4 aromatic carbocycles. The molecule has 8 bridgehead atoms. The van der Waals surface area contributed by atoms with E-state index in [1.54, 1.807) is 0 Å². The number of Topliss-reactive ketones (excluding diaryl/α,β-unsaturated/α-hetero) is 4. The first-order valence-corrected chi connectivity index (χ1v) is 21.5. The van der Waals surface area contributed by atoms with Gasteiger partial charge in [-0.2, -0.15) is 0 Å². The fourth-order valence-electron chi connectivity index (χ4n) is 9.55. The highest BCUT2D eigenvalue weighted by atomic mass is 16.3. The summed E-state index contributed by atoms with van der Waals surface area (Å²) in [5.41, 5.74) is 5.54. The van der Waals surface area contributed by atoms with Crippen molar-refractivity contribution in [1.82, 2.24) is 0 Å². The number of aromatic hydroxyl groups is 4. The van der Waals surface area contributed by atoms with Crippen molar-refractivity contribution in [3.8, 4) is 23.0 Å². The number of hydrogen-bond acceptors (Lipinski definition) is 8. The Balaban J connectivity index is 2.13. The maximum Gasteiger partial charge on any atom is 0.160 e. The number of carbonyl (C=O) groups excluding carboxylic acids is 4. The quantitative estimate of drug-likeness (QED) is 0.103. The molecule has 0 fully saturated rings. The molecule has 4 N–H and O–H groups in total. The molecule has 0 saturated carbocycles. The second-order valence-electron chi connectivity index (χ2n) is 18.9. The number of fused-ring (bicyclic) bond motifs is 8. The third kappa shape index (κ3) is 9.38. The number of hydrogen-bond donors (Lipinski definition) is 4. The molecule has 0 heterocycles. The largest absolute Gasteiger partial charge is 0.508 e. The Labute approximate surface area is 356 Å². The minimum Gasteiger partial charge on any atom is -0.508 e. The van der Waals surface area contributed by atoms with Gasteiger partial charge in [0.1, 0.15) is 23.0 Å². The summed E-state index contributed by atoms with van der Waals surface area (Å²) in [5.74, 6) is -3.62. The van der Waals surface area contributed by atoms with Crippen LogP contribution in [0.1, 0.15) is 218 Å². The first kappa shape index (κ1) is 45.8. The smallest absolute Gasteiger partial charge is 0.160 e. The Morgan fingerprint density at radius 2 is 0.517 bits per heavy atom. The van der Waals surface area contributed by atoms with Crippen LogP contribution < -0.4 is 0 Å². The van der Waals surface area contributed by atoms with Crippen LogP contribution in [0, 0.1) is 23.7 Å². The molecule has 0 amide bonds. The van der Waals surface area contributed by atoms with Gasteiger partial charge in [-0.1, -0.05) is 79.7 Å². The van der Waals surface area contributed by atoms with E-state index < -0.39 is 23.7 Å². The summed E-state index contributed by atoms with van der Waals surface area (Å²) in [4.78, 5) is 54.4. The van der Waals surface area contributed by atoms with Crippen LogP contribution in [-0.2, 0) is 0 Å². The van der Waals surface area contributed by atoms with E-state index in [2.05, 4.69) is 55.4 Å². The number of carbonyl (C=O) groups is 4. The molecule has 1 aliphatic carbocycles. The number of ketones is 4. The van der Waals surface area contributed by atoms with Gasteiger partial charge >= 0.3 is 0 Å². The van der Waals surface area contributed by atoms with Crippen molar-refractivity contribution in [3.05, 3.63) is 115 Å². The van der Waals surface area contributed by atoms with Crippen LogP contribution in [0.2, 0.25) is 0 Å². The summed E-state index contributed by atoms with van der Waals surface area (Å²) < 4.78 is 0. The number of phenols is 4. The highest BCUT2D eigenvalue weighted by Gasteiger charge is 2.35. The summed E-state index contributed by atoms with van der Waals surface area (Å²) >= 11 is 0. The molecule has 1 aliphatic rings. The highest BCUT2D eigenvalue weighted by Crippen LogP contribution is 2.50. The molecule has 0 saturated heterocycles. The molecule has 8 nitrogen and oxygen atoms in total. The average Bonchev–Trinajstić information content (AvgIpc) is 3.13. The van der Waals surface area contributed by atoms with E-state index in [4.69, 9.17) is 0 Å². The molecule has 8 heteroatoms. The van der Waals surface area contributed by atoms with E-state index in [1.165, 1.54) is 52.0 Å². The zero-order valence-electron chi connectivity index (χ0n) is 37.5. The van der Waals surface area contributed by atoms with Crippen molar-refractivity contribution in [2.75, 3.05) is 0 Å². The molecule has 4 unspecified atom stereocenters. The van der Waals surface area contributed by atoms with Gasteiger partial charge in [-0.15, -0.1) is 0 Å². The molecule has 60 heavy (non-hydrogen) atoms. The van der Waals surface area contributed by atoms with Crippen LogP contribution in [-0.4, -0.2) is 43.6 Å². The lowest BCUT2D eigenvalue weighted by Gasteiger charge is -2.32. The van der Waals surface area contributed by atoms with Crippen molar-refractivity contribution in [2.24, 2.45) is 23.7 Å². The van der Waals surface area contributed by atoms with Gasteiger partial charge in [0.15, 0.2) is 23.1 Å². The lowest BCUT2D eigenvalue weighted by molar-refractivity contribution is 0.100. The first-order chi connectivity index (χ1) is 28.0. The predicted octanol–water partition coefficient (Wildman–Crippen LogP) is 12.3. The molecule has 0 aromatic heterocycles. The highest BCUT2D eigenvalue weighted by molar-refractivity contribution is 5.99. The van der Waals surface area contributed by atoms with Crippen molar-refractivity contribution in [2.45, 2.75) is 132 Å². The van der Waals surface area contributed by atoms with Gasteiger partial charge in [-0.3, -0.25) is 19.2 Å². The second kappa shape index (κ2) is 18.2. The van der Waals surface area contributed by atoms with Gasteiger partial charge in [0.2, 0.25) is 0 Å². The minimum absolute atomic E-state index is 0.0681. The molecule has 320 valence electrons. The fourth-order valence-corrected chi connectivity index (χ4v) is 9.55. The molecule has 0 spiro atoms. The topological polar surface area (TPSA) is 149 Å². The maximum absolute atomic E-state index is 13.6. The predicted molar refractivity (Wildman–Crippen MR) is 238 cm³/mol. The Morgan fingerprint density at radius 1 is 0.350 bits per heavy atom. The van der Waals surface area contributed by atoms with Gasteiger partial charge in [-0.05, 0) is 124 Å². The van der Waals surface area contributed by atoms with E-state index >= 15 is 0 Å². The van der Waals surface area contributed by atoms with Crippen LogP contribution in [0.25, 0.3) is 0 Å². The second-order valence-corrected chi connectivity index (χ2v) is 18.9. The van der Waals surface area contributed by atoms with Gasteiger partial charge < -0.3 is 20.4 Å². The van der Waals surface area contributed by atoms with Crippen molar-refractivity contribution in [3.63, 3.8) is 0 Å². The SMILES string of the molecule is CC(=O)c1cc(O)c2cc1C(CC(C)C)c1cc(c(C(C)=O)cc1O)C(CC(C)C)c1cc(c(C(C)=O)cc1O)C(CC(C)C)c1cc(c(C(C)=O)cc1O)C2CC(C)C. The lowest BCUT2D eigenvalue weighted by Crippen LogP contribution is -2.18. The normalized spacial score (nSPS) is 17.7. The Bertz CT molecular complexity index is 2000. The Hall–Kier alpha value is -5.24. The van der Waals surface area contributed by atoms with E-state index in [9.17, 15) is 39.6 Å². The molecule has 4 aromatic rings. The van der Waals surface area contributed by atoms with Crippen molar-refractivity contribution >= 4 is 23.1 Å². The van der Waals surface area contributed by atoms with E-state index in [0.29, 0.717) is 92.4 Å². The molecule has 4 atom stereocenters. The minimum atomic E-state index is -0.586. The van der Waals surface area contributed by atoms with Crippen molar-refractivity contribution in [1.29, 1.82) is 0 Å². The number of benzene rings is 4. The van der Waals surface area contributed by atoms with E-state index in [1.807, 2.05) is 24.3 Å². The summed E-state index contributed by atoms with van der Waals surface area (Å²) in [6.07, 6.45) is 1.95. The van der Waals surface area contributed by atoms with Crippen LogP contribution in [0.3, 0.4) is 0 Å². The molecule has 0 radical (unpaired) electrons. The number of phenolic OH excluding ortho intramolecular Hbond substituents is 4. The Kier molecular flexibility index (Phi) is 13.9. The Morgan fingerprint density at radius 3 is 0.650 bits per heavy atom. The molecule has 5 rings (SSSR count). The van der Waals surface area contributed by atoms with Gasteiger partial charge in [-0.25, -0.2) is 0 Å². The molecular formula is C52H64O8. The van der Waals surface area contributed by atoms with Gasteiger partial charge in [0.05, 0.1) is 0 Å². The van der Waals surface area contributed by atoms with E-state index in [-0.39, 0.29) is 69.8 Å². The summed E-state index contributed by atoms with van der Waals surface area (Å²) in [7, 11) is 0. The van der Waals surface area contributed by atoms with Crippen LogP contribution in [0.5, 0.6) is 23.0 Å². The third-order valence-electron chi connectivity index (χ3n) is 12.1. The first-order valence-electron chi connectivity index (χ1n) is 21.5. The monoisotopic (exact) mass is 816 g/mol. The fraction of sp³-hybridized carbons (Fsp3) is 0.462. The maximum atomic E-state index is 13.6. The number of rotatable bonds is 12. The zero-order chi connectivity index (χ0) is 44.7. The van der Waals surface area contributed by atoms with Crippen LogP contribution >= 0.6 is 0 Å². The van der Waals surface area contributed by atoms with Gasteiger partial charge in [0, 0.05) is 68.2 Å². The summed E-state index contributed by atoms with van der Waals surface area (Å²) in [5, 5.41) is 48.1. The lowest BCUT2D eigenvalue weighted by atomic mass is 9.72. The van der Waals surface area contributed by atoms with Crippen LogP contribution in [0.15, 0.2) is 48.5 Å². The molecular weight excluding hydrogens is 753 g/mol. The average molecular weight is 817 g/mol. The third-order valence-corrected chi connectivity index (χ3v) is 12.1. The summed E-state index contributed by atoms with van der Waals surface area (Å²) in [6, 6.07) is 13.4. The van der Waals surface area contributed by atoms with Gasteiger partial charge in [0.25, 0.3) is 0 Å².